The van der Waals surface area contributed by atoms with Crippen LogP contribution < -0.4 is 10.6 Å². The lowest BCUT2D eigenvalue weighted by atomic mass is 10.1. The third-order valence-electron chi connectivity index (χ3n) is 4.28. The van der Waals surface area contributed by atoms with E-state index >= 15 is 0 Å². The summed E-state index contributed by atoms with van der Waals surface area (Å²) < 4.78 is 0. The zero-order chi connectivity index (χ0) is 17.4. The molecule has 0 aliphatic carbocycles. The second kappa shape index (κ2) is 11.1. The minimum Gasteiger partial charge on any atom is -0.339 e. The molecule has 1 aromatic rings. The van der Waals surface area contributed by atoms with Gasteiger partial charge < -0.3 is 15.5 Å². The van der Waals surface area contributed by atoms with E-state index in [2.05, 4.69) is 24.5 Å². The van der Waals surface area contributed by atoms with Gasteiger partial charge in [0.05, 0.1) is 0 Å². The van der Waals surface area contributed by atoms with Crippen LogP contribution in [0.5, 0.6) is 0 Å². The average molecular weight is 368 g/mol. The van der Waals surface area contributed by atoms with E-state index in [9.17, 15) is 9.59 Å². The van der Waals surface area contributed by atoms with Crippen LogP contribution in [-0.2, 0) is 4.79 Å². The molecule has 1 aliphatic rings. The number of rotatable bonds is 8. The van der Waals surface area contributed by atoms with Crippen LogP contribution in [0.4, 0.5) is 5.69 Å². The molecular formula is C19H30ClN3O2. The first-order valence-electron chi connectivity index (χ1n) is 9.06. The standard InChI is InChI=1S/C19H29N3O2.ClH/c1-3-12-22(13-4-2)19(24)15-7-9-16(10-8-15)21-18(23)14-17-6-5-11-20-17;/h7-10,17,20H,3-6,11-14H2,1-2H3,(H,21,23);1H. The van der Waals surface area contributed by atoms with E-state index in [1.807, 2.05) is 17.0 Å². The SMILES string of the molecule is CCCN(CCC)C(=O)c1ccc(NC(=O)CC2CCCN2)cc1.Cl. The Kier molecular flexibility index (Phi) is 9.53. The van der Waals surface area contributed by atoms with Gasteiger partial charge in [0.15, 0.2) is 0 Å². The molecule has 5 nitrogen and oxygen atoms in total. The van der Waals surface area contributed by atoms with Gasteiger partial charge >= 0.3 is 0 Å². The molecule has 1 aromatic carbocycles. The van der Waals surface area contributed by atoms with Crippen LogP contribution in [0.15, 0.2) is 24.3 Å². The average Bonchev–Trinajstić information content (AvgIpc) is 3.07. The van der Waals surface area contributed by atoms with Gasteiger partial charge in [-0.2, -0.15) is 0 Å². The van der Waals surface area contributed by atoms with Gasteiger partial charge in [0.2, 0.25) is 5.91 Å². The Hall–Kier alpha value is -1.59. The van der Waals surface area contributed by atoms with Crippen molar-refractivity contribution >= 4 is 29.9 Å². The molecule has 2 N–H and O–H groups in total. The minimum atomic E-state index is 0. The number of halogens is 1. The van der Waals surface area contributed by atoms with E-state index in [1.165, 1.54) is 0 Å². The number of hydrogen-bond acceptors (Lipinski definition) is 3. The Morgan fingerprint density at radius 1 is 1.16 bits per heavy atom. The van der Waals surface area contributed by atoms with E-state index in [0.717, 1.165) is 51.0 Å². The van der Waals surface area contributed by atoms with Gasteiger partial charge in [0.25, 0.3) is 5.91 Å². The van der Waals surface area contributed by atoms with E-state index in [-0.39, 0.29) is 24.2 Å². The van der Waals surface area contributed by atoms with Crippen molar-refractivity contribution in [3.8, 4) is 0 Å². The van der Waals surface area contributed by atoms with Crippen molar-refractivity contribution in [2.45, 2.75) is 52.0 Å². The number of nitrogens with zero attached hydrogens (tertiary/aromatic N) is 1. The minimum absolute atomic E-state index is 0. The normalized spacial score (nSPS) is 16.2. The van der Waals surface area contributed by atoms with Crippen molar-refractivity contribution in [1.82, 2.24) is 10.2 Å². The predicted molar refractivity (Wildman–Crippen MR) is 104 cm³/mol. The van der Waals surface area contributed by atoms with Crippen molar-refractivity contribution in [3.63, 3.8) is 0 Å². The lowest BCUT2D eigenvalue weighted by Crippen LogP contribution is -2.32. The number of benzene rings is 1. The molecular weight excluding hydrogens is 338 g/mol. The quantitative estimate of drug-likeness (QED) is 0.739. The van der Waals surface area contributed by atoms with Gasteiger partial charge in [-0.05, 0) is 56.5 Å². The summed E-state index contributed by atoms with van der Waals surface area (Å²) in [5.41, 5.74) is 1.42. The van der Waals surface area contributed by atoms with Gasteiger partial charge in [0.1, 0.15) is 0 Å². The maximum Gasteiger partial charge on any atom is 0.253 e. The molecule has 1 aliphatic heterocycles. The van der Waals surface area contributed by atoms with Crippen LogP contribution in [0, 0.1) is 0 Å². The van der Waals surface area contributed by atoms with Crippen LogP contribution in [0.1, 0.15) is 56.3 Å². The van der Waals surface area contributed by atoms with Gasteiger partial charge in [-0.3, -0.25) is 9.59 Å². The van der Waals surface area contributed by atoms with Crippen LogP contribution in [0.25, 0.3) is 0 Å². The summed E-state index contributed by atoms with van der Waals surface area (Å²) in [6, 6.07) is 7.50. The maximum atomic E-state index is 12.5. The fourth-order valence-electron chi connectivity index (χ4n) is 3.10. The van der Waals surface area contributed by atoms with E-state index in [1.54, 1.807) is 12.1 Å². The molecule has 1 heterocycles. The molecule has 0 aromatic heterocycles. The molecule has 6 heteroatoms. The topological polar surface area (TPSA) is 61.4 Å². The highest BCUT2D eigenvalue weighted by Crippen LogP contribution is 2.14. The summed E-state index contributed by atoms with van der Waals surface area (Å²) in [5, 5.41) is 6.23. The van der Waals surface area contributed by atoms with Crippen LogP contribution in [0.3, 0.4) is 0 Å². The Labute approximate surface area is 157 Å². The largest absolute Gasteiger partial charge is 0.339 e. The highest BCUT2D eigenvalue weighted by atomic mass is 35.5. The number of carbonyl (C=O) groups excluding carboxylic acids is 2. The molecule has 0 bridgehead atoms. The van der Waals surface area contributed by atoms with Crippen molar-refractivity contribution in [2.75, 3.05) is 25.0 Å². The van der Waals surface area contributed by atoms with Gasteiger partial charge in [-0.1, -0.05) is 13.8 Å². The van der Waals surface area contributed by atoms with Crippen LogP contribution in [0.2, 0.25) is 0 Å². The fourth-order valence-corrected chi connectivity index (χ4v) is 3.10. The van der Waals surface area contributed by atoms with Crippen molar-refractivity contribution < 1.29 is 9.59 Å². The second-order valence-corrected chi connectivity index (χ2v) is 6.42. The molecule has 0 radical (unpaired) electrons. The zero-order valence-electron chi connectivity index (χ0n) is 15.2. The Balaban J connectivity index is 0.00000312. The predicted octanol–water partition coefficient (Wildman–Crippen LogP) is 3.45. The van der Waals surface area contributed by atoms with E-state index < -0.39 is 0 Å². The third-order valence-corrected chi connectivity index (χ3v) is 4.28. The molecule has 0 saturated carbocycles. The monoisotopic (exact) mass is 367 g/mol. The lowest BCUT2D eigenvalue weighted by molar-refractivity contribution is -0.116. The van der Waals surface area contributed by atoms with Crippen LogP contribution in [-0.4, -0.2) is 42.4 Å². The highest BCUT2D eigenvalue weighted by molar-refractivity contribution is 5.96. The molecule has 1 unspecified atom stereocenters. The molecule has 2 amide bonds. The Morgan fingerprint density at radius 2 is 1.80 bits per heavy atom. The van der Waals surface area contributed by atoms with Crippen molar-refractivity contribution in [2.24, 2.45) is 0 Å². The molecule has 1 atom stereocenters. The number of nitrogens with one attached hydrogen (secondary N) is 2. The Bertz CT molecular complexity index is 536. The lowest BCUT2D eigenvalue weighted by Gasteiger charge is -2.21. The number of amides is 2. The molecule has 2 rings (SSSR count). The summed E-state index contributed by atoms with van der Waals surface area (Å²) in [5.74, 6) is 0.0822. The summed E-state index contributed by atoms with van der Waals surface area (Å²) in [6.07, 6.45) is 4.61. The molecule has 1 saturated heterocycles. The summed E-state index contributed by atoms with van der Waals surface area (Å²) in [7, 11) is 0. The maximum absolute atomic E-state index is 12.5. The van der Waals surface area contributed by atoms with Crippen molar-refractivity contribution in [3.05, 3.63) is 29.8 Å². The Morgan fingerprint density at radius 3 is 2.32 bits per heavy atom. The van der Waals surface area contributed by atoms with E-state index in [0.29, 0.717) is 18.0 Å². The smallest absolute Gasteiger partial charge is 0.253 e. The number of hydrogen-bond donors (Lipinski definition) is 2. The van der Waals surface area contributed by atoms with Gasteiger partial charge in [-0.15, -0.1) is 12.4 Å². The first-order chi connectivity index (χ1) is 11.6. The van der Waals surface area contributed by atoms with Gasteiger partial charge in [-0.25, -0.2) is 0 Å². The number of anilines is 1. The molecule has 1 fully saturated rings. The highest BCUT2D eigenvalue weighted by Gasteiger charge is 2.18. The third kappa shape index (κ3) is 6.67. The number of carbonyl (C=O) groups is 2. The molecule has 0 spiro atoms. The zero-order valence-corrected chi connectivity index (χ0v) is 16.0. The molecule has 25 heavy (non-hydrogen) atoms. The summed E-state index contributed by atoms with van der Waals surface area (Å²) in [6.45, 7) is 6.71. The van der Waals surface area contributed by atoms with Crippen LogP contribution >= 0.6 is 12.4 Å². The van der Waals surface area contributed by atoms with Crippen molar-refractivity contribution in [1.29, 1.82) is 0 Å². The summed E-state index contributed by atoms with van der Waals surface area (Å²) >= 11 is 0. The van der Waals surface area contributed by atoms with Gasteiger partial charge in [0, 0.05) is 36.8 Å². The molecule has 140 valence electrons. The first-order valence-corrected chi connectivity index (χ1v) is 9.06. The summed E-state index contributed by atoms with van der Waals surface area (Å²) in [4.78, 5) is 26.4. The second-order valence-electron chi connectivity index (χ2n) is 6.42. The fraction of sp³-hybridized carbons (Fsp3) is 0.579. The first kappa shape index (κ1) is 21.5. The van der Waals surface area contributed by atoms with E-state index in [4.69, 9.17) is 0 Å².